The Morgan fingerprint density at radius 1 is 1.19 bits per heavy atom. The summed E-state index contributed by atoms with van der Waals surface area (Å²) >= 11 is 0. The lowest BCUT2D eigenvalue weighted by molar-refractivity contribution is 0.213. The van der Waals surface area contributed by atoms with Crippen molar-refractivity contribution >= 4 is 0 Å². The van der Waals surface area contributed by atoms with E-state index in [-0.39, 0.29) is 6.10 Å². The van der Waals surface area contributed by atoms with E-state index < -0.39 is 0 Å². The van der Waals surface area contributed by atoms with Crippen LogP contribution in [0.4, 0.5) is 0 Å². The van der Waals surface area contributed by atoms with Gasteiger partial charge in [-0.1, -0.05) is 43.1 Å². The van der Waals surface area contributed by atoms with Gasteiger partial charge in [0, 0.05) is 0 Å². The van der Waals surface area contributed by atoms with Crippen LogP contribution in [0.5, 0.6) is 0 Å². The third-order valence-electron chi connectivity index (χ3n) is 2.66. The zero-order valence-electron chi connectivity index (χ0n) is 11.4. The van der Waals surface area contributed by atoms with E-state index in [9.17, 15) is 5.11 Å². The molecule has 0 aromatic carbocycles. The van der Waals surface area contributed by atoms with Gasteiger partial charge in [0.2, 0.25) is 0 Å². The third kappa shape index (κ3) is 9.97. The maximum Gasteiger partial charge on any atom is 0.0726 e. The summed E-state index contributed by atoms with van der Waals surface area (Å²) in [7, 11) is 0. The Hall–Kier alpha value is -0.560. The van der Waals surface area contributed by atoms with Crippen molar-refractivity contribution < 1.29 is 5.11 Å². The Bertz CT molecular complexity index is 222. The smallest absolute Gasteiger partial charge is 0.0726 e. The van der Waals surface area contributed by atoms with Crippen molar-refractivity contribution in [2.45, 2.75) is 72.3 Å². The number of aliphatic hydroxyl groups excluding tert-OH is 1. The van der Waals surface area contributed by atoms with E-state index in [0.717, 1.165) is 12.8 Å². The van der Waals surface area contributed by atoms with Crippen molar-refractivity contribution in [1.29, 1.82) is 0 Å². The van der Waals surface area contributed by atoms with Crippen molar-refractivity contribution in [1.82, 2.24) is 0 Å². The minimum atomic E-state index is -0.273. The average Bonchev–Trinajstić information content (AvgIpc) is 2.17. The number of aliphatic hydroxyl groups is 1. The monoisotopic (exact) mass is 224 g/mol. The minimum Gasteiger partial charge on any atom is -0.389 e. The predicted molar refractivity (Wildman–Crippen MR) is 72.6 cm³/mol. The lowest BCUT2D eigenvalue weighted by Gasteiger charge is -2.05. The van der Waals surface area contributed by atoms with Crippen LogP contribution in [0.15, 0.2) is 23.3 Å². The summed E-state index contributed by atoms with van der Waals surface area (Å²) in [5, 5.41) is 9.64. The van der Waals surface area contributed by atoms with E-state index in [1.807, 2.05) is 19.9 Å². The van der Waals surface area contributed by atoms with Gasteiger partial charge in [0.15, 0.2) is 0 Å². The van der Waals surface area contributed by atoms with Gasteiger partial charge in [0.25, 0.3) is 0 Å². The van der Waals surface area contributed by atoms with Crippen LogP contribution in [0.2, 0.25) is 0 Å². The zero-order valence-corrected chi connectivity index (χ0v) is 11.4. The molecule has 1 atom stereocenters. The molecule has 16 heavy (non-hydrogen) atoms. The minimum absolute atomic E-state index is 0.273. The van der Waals surface area contributed by atoms with Crippen molar-refractivity contribution in [2.75, 3.05) is 0 Å². The lowest BCUT2D eigenvalue weighted by atomic mass is 10.1. The van der Waals surface area contributed by atoms with Crippen LogP contribution >= 0.6 is 0 Å². The van der Waals surface area contributed by atoms with Gasteiger partial charge in [-0.2, -0.15) is 0 Å². The van der Waals surface area contributed by atoms with Crippen LogP contribution in [0.1, 0.15) is 66.2 Å². The topological polar surface area (TPSA) is 20.2 Å². The molecule has 0 saturated carbocycles. The largest absolute Gasteiger partial charge is 0.389 e. The number of hydrogen-bond acceptors (Lipinski definition) is 1. The van der Waals surface area contributed by atoms with E-state index in [4.69, 9.17) is 0 Å². The predicted octanol–water partition coefficient (Wildman–Crippen LogP) is 4.62. The van der Waals surface area contributed by atoms with Crippen LogP contribution in [0, 0.1) is 0 Å². The molecule has 1 N–H and O–H groups in total. The molecule has 1 heteroatoms. The SMILES string of the molecule is CCCCC/C(C)=C/CCC(O)C=C(C)C. The second-order valence-electron chi connectivity index (χ2n) is 4.90. The molecule has 0 saturated heterocycles. The summed E-state index contributed by atoms with van der Waals surface area (Å²) in [4.78, 5) is 0. The van der Waals surface area contributed by atoms with Crippen LogP contribution < -0.4 is 0 Å². The third-order valence-corrected chi connectivity index (χ3v) is 2.66. The summed E-state index contributed by atoms with van der Waals surface area (Å²) in [6.07, 6.45) is 10.9. The van der Waals surface area contributed by atoms with Crippen molar-refractivity contribution in [3.8, 4) is 0 Å². The molecule has 0 fully saturated rings. The van der Waals surface area contributed by atoms with Gasteiger partial charge in [0.05, 0.1) is 6.10 Å². The molecule has 0 amide bonds. The molecule has 94 valence electrons. The Labute approximate surface area is 101 Å². The Morgan fingerprint density at radius 2 is 1.88 bits per heavy atom. The van der Waals surface area contributed by atoms with Gasteiger partial charge < -0.3 is 5.11 Å². The Kier molecular flexibility index (Phi) is 9.31. The lowest BCUT2D eigenvalue weighted by Crippen LogP contribution is -2.01. The standard InChI is InChI=1S/C15H28O/c1-5-6-7-9-14(4)10-8-11-15(16)12-13(2)3/h10,12,15-16H,5-9,11H2,1-4H3/b14-10+. The highest BCUT2D eigenvalue weighted by atomic mass is 16.3. The first kappa shape index (κ1) is 15.4. The number of rotatable bonds is 8. The normalized spacial score (nSPS) is 13.7. The summed E-state index contributed by atoms with van der Waals surface area (Å²) in [5.41, 5.74) is 2.66. The highest BCUT2D eigenvalue weighted by Crippen LogP contribution is 2.11. The van der Waals surface area contributed by atoms with E-state index in [1.54, 1.807) is 0 Å². The molecule has 0 spiro atoms. The van der Waals surface area contributed by atoms with E-state index in [0.29, 0.717) is 0 Å². The van der Waals surface area contributed by atoms with E-state index >= 15 is 0 Å². The summed E-state index contributed by atoms with van der Waals surface area (Å²) in [5.74, 6) is 0. The van der Waals surface area contributed by atoms with Crippen molar-refractivity contribution in [2.24, 2.45) is 0 Å². The van der Waals surface area contributed by atoms with Gasteiger partial charge in [-0.15, -0.1) is 0 Å². The fraction of sp³-hybridized carbons (Fsp3) is 0.733. The highest BCUT2D eigenvalue weighted by Gasteiger charge is 1.98. The molecule has 1 unspecified atom stereocenters. The summed E-state index contributed by atoms with van der Waals surface area (Å²) in [6.45, 7) is 8.47. The van der Waals surface area contributed by atoms with Gasteiger partial charge in [-0.05, 0) is 46.5 Å². The van der Waals surface area contributed by atoms with Crippen LogP contribution in [-0.4, -0.2) is 11.2 Å². The molecule has 0 radical (unpaired) electrons. The number of unbranched alkanes of at least 4 members (excludes halogenated alkanes) is 2. The molecule has 1 nitrogen and oxygen atoms in total. The summed E-state index contributed by atoms with van der Waals surface area (Å²) < 4.78 is 0. The molecule has 0 bridgehead atoms. The molecule has 0 rings (SSSR count). The first-order chi connectivity index (χ1) is 7.56. The zero-order chi connectivity index (χ0) is 12.4. The van der Waals surface area contributed by atoms with Gasteiger partial charge in [-0.25, -0.2) is 0 Å². The molecule has 0 aliphatic rings. The van der Waals surface area contributed by atoms with Gasteiger partial charge in [-0.3, -0.25) is 0 Å². The average molecular weight is 224 g/mol. The Balaban J connectivity index is 3.69. The molecular formula is C15H28O. The van der Waals surface area contributed by atoms with Crippen molar-refractivity contribution in [3.63, 3.8) is 0 Å². The second-order valence-corrected chi connectivity index (χ2v) is 4.90. The molecule has 0 aromatic heterocycles. The summed E-state index contributed by atoms with van der Waals surface area (Å²) in [6, 6.07) is 0. The molecule has 0 aromatic rings. The van der Waals surface area contributed by atoms with Crippen LogP contribution in [0.25, 0.3) is 0 Å². The Morgan fingerprint density at radius 3 is 2.44 bits per heavy atom. The first-order valence-electron chi connectivity index (χ1n) is 6.55. The van der Waals surface area contributed by atoms with Gasteiger partial charge in [0.1, 0.15) is 0 Å². The van der Waals surface area contributed by atoms with Crippen molar-refractivity contribution in [3.05, 3.63) is 23.3 Å². The van der Waals surface area contributed by atoms with Crippen LogP contribution in [-0.2, 0) is 0 Å². The quantitative estimate of drug-likeness (QED) is 0.471. The molecular weight excluding hydrogens is 196 g/mol. The van der Waals surface area contributed by atoms with Gasteiger partial charge >= 0.3 is 0 Å². The molecule has 0 aliphatic carbocycles. The van der Waals surface area contributed by atoms with Crippen LogP contribution in [0.3, 0.4) is 0 Å². The highest BCUT2D eigenvalue weighted by molar-refractivity contribution is 5.01. The maximum atomic E-state index is 9.64. The second kappa shape index (κ2) is 9.65. The van der Waals surface area contributed by atoms with E-state index in [1.165, 1.54) is 36.8 Å². The fourth-order valence-electron chi connectivity index (χ4n) is 1.72. The number of allylic oxidation sites excluding steroid dienone is 3. The molecule has 0 heterocycles. The molecule has 0 aliphatic heterocycles. The first-order valence-corrected chi connectivity index (χ1v) is 6.55. The maximum absolute atomic E-state index is 9.64. The van der Waals surface area contributed by atoms with E-state index in [2.05, 4.69) is 19.9 Å². The fourth-order valence-corrected chi connectivity index (χ4v) is 1.72. The number of hydrogen-bond donors (Lipinski definition) is 1.